The zero-order valence-corrected chi connectivity index (χ0v) is 9.73. The van der Waals surface area contributed by atoms with Crippen molar-refractivity contribution in [2.75, 3.05) is 6.54 Å². The lowest BCUT2D eigenvalue weighted by molar-refractivity contribution is 0.402. The summed E-state index contributed by atoms with van der Waals surface area (Å²) in [6.45, 7) is 3.93. The first-order valence-electron chi connectivity index (χ1n) is 5.19. The van der Waals surface area contributed by atoms with Gasteiger partial charge in [0.15, 0.2) is 0 Å². The second-order valence-electron chi connectivity index (χ2n) is 3.76. The summed E-state index contributed by atoms with van der Waals surface area (Å²) in [5, 5.41) is 1.02. The second kappa shape index (κ2) is 4.35. The quantitative estimate of drug-likeness (QED) is 0.805. The van der Waals surface area contributed by atoms with Crippen LogP contribution in [-0.2, 0) is 10.0 Å². The Labute approximate surface area is 95.7 Å². The molecule has 2 heterocycles. The molecule has 0 spiro atoms. The highest BCUT2D eigenvalue weighted by atomic mass is 32.2. The van der Waals surface area contributed by atoms with Crippen molar-refractivity contribution >= 4 is 10.0 Å². The van der Waals surface area contributed by atoms with Gasteiger partial charge in [-0.3, -0.25) is 4.98 Å². The minimum Gasteiger partial charge on any atom is -0.265 e. The lowest BCUT2D eigenvalue weighted by Crippen LogP contribution is -2.28. The highest BCUT2D eigenvalue weighted by molar-refractivity contribution is 7.92. The van der Waals surface area contributed by atoms with E-state index in [9.17, 15) is 8.42 Å². The number of pyridine rings is 1. The molecule has 2 rings (SSSR count). The van der Waals surface area contributed by atoms with Gasteiger partial charge in [0, 0.05) is 24.3 Å². The number of hydrogen-bond acceptors (Lipinski definition) is 3. The zero-order chi connectivity index (χ0) is 11.6. The number of rotatable bonds is 3. The molecule has 0 aliphatic carbocycles. The van der Waals surface area contributed by atoms with E-state index < -0.39 is 10.0 Å². The second-order valence-corrected chi connectivity index (χ2v) is 5.59. The van der Waals surface area contributed by atoms with E-state index in [1.54, 1.807) is 12.4 Å². The van der Waals surface area contributed by atoms with Gasteiger partial charge in [-0.2, -0.15) is 4.31 Å². The van der Waals surface area contributed by atoms with Crippen LogP contribution >= 0.6 is 0 Å². The highest BCUT2D eigenvalue weighted by Crippen LogP contribution is 2.34. The molecule has 4 nitrogen and oxygen atoms in total. The van der Waals surface area contributed by atoms with E-state index in [1.807, 2.05) is 12.1 Å². The Balaban J connectivity index is 2.33. The van der Waals surface area contributed by atoms with Crippen molar-refractivity contribution in [3.8, 4) is 0 Å². The van der Waals surface area contributed by atoms with Crippen LogP contribution in [0.2, 0.25) is 0 Å². The van der Waals surface area contributed by atoms with Gasteiger partial charge in [-0.1, -0.05) is 6.58 Å². The van der Waals surface area contributed by atoms with Gasteiger partial charge in [0.1, 0.15) is 0 Å². The summed E-state index contributed by atoms with van der Waals surface area (Å²) in [5.41, 5.74) is 0.998. The summed E-state index contributed by atoms with van der Waals surface area (Å²) in [5.74, 6) is 0. The average Bonchev–Trinajstić information content (AvgIpc) is 2.80. The number of sulfonamides is 1. The summed E-state index contributed by atoms with van der Waals surface area (Å²) in [6, 6.07) is 3.66. The maximum atomic E-state index is 11.8. The largest absolute Gasteiger partial charge is 0.265 e. The first-order valence-corrected chi connectivity index (χ1v) is 6.69. The number of hydrogen-bond donors (Lipinski definition) is 0. The van der Waals surface area contributed by atoms with Crippen molar-refractivity contribution in [3.63, 3.8) is 0 Å². The topological polar surface area (TPSA) is 50.3 Å². The predicted molar refractivity (Wildman–Crippen MR) is 62.0 cm³/mol. The Morgan fingerprint density at radius 1 is 1.44 bits per heavy atom. The molecule has 86 valence electrons. The van der Waals surface area contributed by atoms with Gasteiger partial charge in [0.25, 0.3) is 0 Å². The minimum absolute atomic E-state index is 0.0639. The highest BCUT2D eigenvalue weighted by Gasteiger charge is 2.33. The molecule has 0 bridgehead atoms. The molecule has 0 amide bonds. The van der Waals surface area contributed by atoms with Crippen molar-refractivity contribution in [3.05, 3.63) is 42.1 Å². The smallest absolute Gasteiger partial charge is 0.236 e. The van der Waals surface area contributed by atoms with E-state index in [-0.39, 0.29) is 6.04 Å². The van der Waals surface area contributed by atoms with Gasteiger partial charge < -0.3 is 0 Å². The van der Waals surface area contributed by atoms with Gasteiger partial charge >= 0.3 is 0 Å². The number of aromatic nitrogens is 1. The van der Waals surface area contributed by atoms with Gasteiger partial charge in [-0.15, -0.1) is 0 Å². The summed E-state index contributed by atoms with van der Waals surface area (Å²) in [6.07, 6.45) is 5.12. The summed E-state index contributed by atoms with van der Waals surface area (Å²) in [7, 11) is -3.32. The third-order valence-corrected chi connectivity index (χ3v) is 4.34. The third-order valence-electron chi connectivity index (χ3n) is 2.83. The lowest BCUT2D eigenvalue weighted by Gasteiger charge is -2.22. The molecule has 0 aromatic carbocycles. The summed E-state index contributed by atoms with van der Waals surface area (Å²) < 4.78 is 25.1. The fourth-order valence-corrected chi connectivity index (χ4v) is 3.22. The van der Waals surface area contributed by atoms with Crippen molar-refractivity contribution in [1.29, 1.82) is 0 Å². The molecular weight excluding hydrogens is 224 g/mol. The molecule has 1 aromatic rings. The fraction of sp³-hybridized carbons (Fsp3) is 0.364. The SMILES string of the molecule is C=CS(=O)(=O)N1CCCC1c1ccncc1. The summed E-state index contributed by atoms with van der Waals surface area (Å²) >= 11 is 0. The Morgan fingerprint density at radius 2 is 2.12 bits per heavy atom. The van der Waals surface area contributed by atoms with Crippen molar-refractivity contribution in [2.24, 2.45) is 0 Å². The van der Waals surface area contributed by atoms with E-state index in [2.05, 4.69) is 11.6 Å². The maximum Gasteiger partial charge on any atom is 0.236 e. The van der Waals surface area contributed by atoms with Crippen LogP contribution < -0.4 is 0 Å². The van der Waals surface area contributed by atoms with E-state index in [4.69, 9.17) is 0 Å². The normalized spacial score (nSPS) is 22.1. The van der Waals surface area contributed by atoms with Crippen LogP contribution in [0.25, 0.3) is 0 Å². The minimum atomic E-state index is -3.32. The molecular formula is C11H14N2O2S. The monoisotopic (exact) mass is 238 g/mol. The zero-order valence-electron chi connectivity index (χ0n) is 8.91. The first-order chi connectivity index (χ1) is 7.65. The predicted octanol–water partition coefficient (Wildman–Crippen LogP) is 1.69. The van der Waals surface area contributed by atoms with Crippen molar-refractivity contribution in [1.82, 2.24) is 9.29 Å². The van der Waals surface area contributed by atoms with Crippen LogP contribution in [0.3, 0.4) is 0 Å². The third kappa shape index (κ3) is 2.01. The molecule has 0 N–H and O–H groups in total. The van der Waals surface area contributed by atoms with Gasteiger partial charge in [-0.25, -0.2) is 8.42 Å². The van der Waals surface area contributed by atoms with E-state index >= 15 is 0 Å². The van der Waals surface area contributed by atoms with Gasteiger partial charge in [0.05, 0.1) is 6.04 Å². The Kier molecular flexibility index (Phi) is 3.07. The van der Waals surface area contributed by atoms with Crippen LogP contribution in [0.1, 0.15) is 24.4 Å². The van der Waals surface area contributed by atoms with Crippen LogP contribution in [0.15, 0.2) is 36.5 Å². The van der Waals surface area contributed by atoms with Gasteiger partial charge in [-0.05, 0) is 30.5 Å². The van der Waals surface area contributed by atoms with Crippen LogP contribution in [-0.4, -0.2) is 24.3 Å². The van der Waals surface area contributed by atoms with Crippen molar-refractivity contribution < 1.29 is 8.42 Å². The van der Waals surface area contributed by atoms with Crippen molar-refractivity contribution in [2.45, 2.75) is 18.9 Å². The molecule has 1 unspecified atom stereocenters. The van der Waals surface area contributed by atoms with Gasteiger partial charge in [0.2, 0.25) is 10.0 Å². The molecule has 1 aliphatic rings. The van der Waals surface area contributed by atoms with E-state index in [0.29, 0.717) is 6.54 Å². The molecule has 5 heteroatoms. The molecule has 0 radical (unpaired) electrons. The van der Waals surface area contributed by atoms with Crippen LogP contribution in [0.4, 0.5) is 0 Å². The standard InChI is InChI=1S/C11H14N2O2S/c1-2-16(14,15)13-9-3-4-11(13)10-5-7-12-8-6-10/h2,5-8,11H,1,3-4,9H2. The van der Waals surface area contributed by atoms with E-state index in [0.717, 1.165) is 23.8 Å². The molecule has 16 heavy (non-hydrogen) atoms. The summed E-state index contributed by atoms with van der Waals surface area (Å²) in [4.78, 5) is 3.94. The Morgan fingerprint density at radius 3 is 2.75 bits per heavy atom. The maximum absolute atomic E-state index is 11.8. The molecule has 1 saturated heterocycles. The molecule has 0 saturated carbocycles. The molecule has 1 aromatic heterocycles. The lowest BCUT2D eigenvalue weighted by atomic mass is 10.1. The Bertz CT molecular complexity index is 470. The van der Waals surface area contributed by atoms with Crippen LogP contribution in [0.5, 0.6) is 0 Å². The molecule has 1 atom stereocenters. The average molecular weight is 238 g/mol. The molecule has 1 aliphatic heterocycles. The Hall–Kier alpha value is -1.20. The van der Waals surface area contributed by atoms with E-state index in [1.165, 1.54) is 4.31 Å². The fourth-order valence-electron chi connectivity index (χ4n) is 2.06. The van der Waals surface area contributed by atoms with Crippen LogP contribution in [0, 0.1) is 0 Å². The first kappa shape index (κ1) is 11.3. The molecule has 1 fully saturated rings. The number of nitrogens with zero attached hydrogens (tertiary/aromatic N) is 2.